The topological polar surface area (TPSA) is 84.3 Å². The van der Waals surface area contributed by atoms with Crippen molar-refractivity contribution >= 4 is 16.9 Å². The van der Waals surface area contributed by atoms with E-state index in [1.165, 1.54) is 0 Å². The molecule has 2 heterocycles. The molecule has 2 aromatic rings. The molecule has 6 heteroatoms. The molecule has 22 heavy (non-hydrogen) atoms. The SMILES string of the molecule is O=C(Cc1ncc2cc(O)ccc2n1)OCC1CCNCC1. The molecule has 1 aliphatic heterocycles. The molecule has 1 aliphatic rings. The Morgan fingerprint density at radius 3 is 3.00 bits per heavy atom. The van der Waals surface area contributed by atoms with Crippen molar-refractivity contribution in [2.24, 2.45) is 5.92 Å². The van der Waals surface area contributed by atoms with Crippen LogP contribution in [0.3, 0.4) is 0 Å². The predicted octanol–water partition coefficient (Wildman–Crippen LogP) is 1.42. The Morgan fingerprint density at radius 2 is 2.18 bits per heavy atom. The first-order valence-electron chi connectivity index (χ1n) is 7.52. The number of piperidine rings is 1. The highest BCUT2D eigenvalue weighted by Crippen LogP contribution is 2.17. The average Bonchev–Trinajstić information content (AvgIpc) is 2.54. The summed E-state index contributed by atoms with van der Waals surface area (Å²) in [4.78, 5) is 20.4. The Labute approximate surface area is 128 Å². The van der Waals surface area contributed by atoms with Gasteiger partial charge in [-0.1, -0.05) is 0 Å². The summed E-state index contributed by atoms with van der Waals surface area (Å²) in [5.41, 5.74) is 0.703. The summed E-state index contributed by atoms with van der Waals surface area (Å²) < 4.78 is 5.33. The minimum atomic E-state index is -0.295. The molecule has 1 saturated heterocycles. The number of carbonyl (C=O) groups is 1. The first-order valence-corrected chi connectivity index (χ1v) is 7.52. The number of aromatic hydroxyl groups is 1. The zero-order chi connectivity index (χ0) is 15.4. The molecule has 0 saturated carbocycles. The van der Waals surface area contributed by atoms with E-state index in [4.69, 9.17) is 4.74 Å². The van der Waals surface area contributed by atoms with Crippen LogP contribution in [0.1, 0.15) is 18.7 Å². The highest BCUT2D eigenvalue weighted by molar-refractivity contribution is 5.80. The van der Waals surface area contributed by atoms with Crippen molar-refractivity contribution in [1.82, 2.24) is 15.3 Å². The Morgan fingerprint density at radius 1 is 1.36 bits per heavy atom. The number of nitrogens with one attached hydrogen (secondary N) is 1. The average molecular weight is 301 g/mol. The predicted molar refractivity (Wildman–Crippen MR) is 81.5 cm³/mol. The molecule has 1 aromatic carbocycles. The van der Waals surface area contributed by atoms with Crippen LogP contribution in [0, 0.1) is 5.92 Å². The first-order chi connectivity index (χ1) is 10.7. The van der Waals surface area contributed by atoms with Crippen LogP contribution in [0.5, 0.6) is 5.75 Å². The highest BCUT2D eigenvalue weighted by Gasteiger charge is 2.16. The van der Waals surface area contributed by atoms with E-state index in [0.717, 1.165) is 31.3 Å². The van der Waals surface area contributed by atoms with Crippen molar-refractivity contribution in [3.8, 4) is 5.75 Å². The maximum atomic E-state index is 11.9. The fourth-order valence-corrected chi connectivity index (χ4v) is 2.58. The molecule has 0 radical (unpaired) electrons. The van der Waals surface area contributed by atoms with Gasteiger partial charge in [0.15, 0.2) is 0 Å². The lowest BCUT2D eigenvalue weighted by Gasteiger charge is -2.21. The summed E-state index contributed by atoms with van der Waals surface area (Å²) in [5.74, 6) is 0.765. The van der Waals surface area contributed by atoms with Crippen molar-refractivity contribution in [3.05, 3.63) is 30.2 Å². The molecule has 0 bridgehead atoms. The number of aromatic nitrogens is 2. The zero-order valence-corrected chi connectivity index (χ0v) is 12.3. The lowest BCUT2D eigenvalue weighted by molar-refractivity contribution is -0.144. The van der Waals surface area contributed by atoms with Crippen LogP contribution in [0.2, 0.25) is 0 Å². The van der Waals surface area contributed by atoms with Crippen molar-refractivity contribution in [1.29, 1.82) is 0 Å². The summed E-state index contributed by atoms with van der Waals surface area (Å²) in [6, 6.07) is 4.86. The monoisotopic (exact) mass is 301 g/mol. The summed E-state index contributed by atoms with van der Waals surface area (Å²) in [5, 5.41) is 13.4. The van der Waals surface area contributed by atoms with Gasteiger partial charge in [-0.15, -0.1) is 0 Å². The van der Waals surface area contributed by atoms with Crippen LogP contribution >= 0.6 is 0 Å². The van der Waals surface area contributed by atoms with E-state index >= 15 is 0 Å². The van der Waals surface area contributed by atoms with Crippen LogP contribution < -0.4 is 5.32 Å². The van der Waals surface area contributed by atoms with Crippen LogP contribution in [0.25, 0.3) is 10.9 Å². The van der Waals surface area contributed by atoms with Gasteiger partial charge < -0.3 is 15.2 Å². The molecule has 6 nitrogen and oxygen atoms in total. The third-order valence-electron chi connectivity index (χ3n) is 3.85. The number of hydrogen-bond donors (Lipinski definition) is 2. The van der Waals surface area contributed by atoms with Crippen molar-refractivity contribution in [2.75, 3.05) is 19.7 Å². The number of carbonyl (C=O) groups excluding carboxylic acids is 1. The van der Waals surface area contributed by atoms with Crippen molar-refractivity contribution in [2.45, 2.75) is 19.3 Å². The van der Waals surface area contributed by atoms with Gasteiger partial charge in [0, 0.05) is 11.6 Å². The van der Waals surface area contributed by atoms with Gasteiger partial charge in [-0.2, -0.15) is 0 Å². The number of esters is 1. The number of hydrogen-bond acceptors (Lipinski definition) is 6. The standard InChI is InChI=1S/C16H19N3O3/c20-13-1-2-14-12(7-13)9-18-15(19-14)8-16(21)22-10-11-3-5-17-6-4-11/h1-2,7,9,11,17,20H,3-6,8,10H2. The number of ether oxygens (including phenoxy) is 1. The first kappa shape index (κ1) is 14.7. The number of nitrogens with zero attached hydrogens (tertiary/aromatic N) is 2. The summed E-state index contributed by atoms with van der Waals surface area (Å²) in [6.45, 7) is 2.45. The largest absolute Gasteiger partial charge is 0.508 e. The molecule has 1 fully saturated rings. The van der Waals surface area contributed by atoms with Gasteiger partial charge in [0.2, 0.25) is 0 Å². The Bertz CT molecular complexity index is 669. The number of fused-ring (bicyclic) bond motifs is 1. The summed E-state index contributed by atoms with van der Waals surface area (Å²) in [6.07, 6.45) is 3.77. The molecular weight excluding hydrogens is 282 g/mol. The van der Waals surface area contributed by atoms with Gasteiger partial charge in [-0.3, -0.25) is 4.79 Å². The smallest absolute Gasteiger partial charge is 0.313 e. The van der Waals surface area contributed by atoms with E-state index in [-0.39, 0.29) is 18.1 Å². The second-order valence-corrected chi connectivity index (χ2v) is 5.58. The van der Waals surface area contributed by atoms with E-state index in [2.05, 4.69) is 15.3 Å². The van der Waals surface area contributed by atoms with E-state index in [0.29, 0.717) is 23.9 Å². The van der Waals surface area contributed by atoms with Gasteiger partial charge in [0.05, 0.1) is 12.1 Å². The second-order valence-electron chi connectivity index (χ2n) is 5.58. The molecule has 1 aromatic heterocycles. The van der Waals surface area contributed by atoms with Crippen LogP contribution in [-0.2, 0) is 16.0 Å². The van der Waals surface area contributed by atoms with E-state index in [1.54, 1.807) is 24.4 Å². The zero-order valence-electron chi connectivity index (χ0n) is 12.3. The summed E-state index contributed by atoms with van der Waals surface area (Å²) in [7, 11) is 0. The maximum Gasteiger partial charge on any atom is 0.313 e. The lowest BCUT2D eigenvalue weighted by atomic mass is 9.99. The maximum absolute atomic E-state index is 11.9. The molecule has 0 atom stereocenters. The van der Waals surface area contributed by atoms with Crippen LogP contribution in [0.15, 0.2) is 24.4 Å². The minimum absolute atomic E-state index is 0.0712. The van der Waals surface area contributed by atoms with Crippen molar-refractivity contribution in [3.63, 3.8) is 0 Å². The summed E-state index contributed by atoms with van der Waals surface area (Å²) >= 11 is 0. The number of benzene rings is 1. The molecule has 116 valence electrons. The van der Waals surface area contributed by atoms with Gasteiger partial charge in [0.1, 0.15) is 18.0 Å². The van der Waals surface area contributed by atoms with Gasteiger partial charge in [0.25, 0.3) is 0 Å². The van der Waals surface area contributed by atoms with Crippen molar-refractivity contribution < 1.29 is 14.6 Å². The number of phenols is 1. The lowest BCUT2D eigenvalue weighted by Crippen LogP contribution is -2.30. The Balaban J connectivity index is 1.57. The normalized spacial score (nSPS) is 15.8. The van der Waals surface area contributed by atoms with Crippen LogP contribution in [0.4, 0.5) is 0 Å². The van der Waals surface area contributed by atoms with Gasteiger partial charge >= 0.3 is 5.97 Å². The highest BCUT2D eigenvalue weighted by atomic mass is 16.5. The van der Waals surface area contributed by atoms with Gasteiger partial charge in [-0.05, 0) is 50.0 Å². The molecule has 0 spiro atoms. The molecule has 3 rings (SSSR count). The number of phenolic OH excluding ortho intramolecular Hbond substituents is 1. The minimum Gasteiger partial charge on any atom is -0.508 e. The fraction of sp³-hybridized carbons (Fsp3) is 0.438. The third-order valence-corrected chi connectivity index (χ3v) is 3.85. The van der Waals surface area contributed by atoms with Gasteiger partial charge in [-0.25, -0.2) is 9.97 Å². The molecule has 0 aliphatic carbocycles. The fourth-order valence-electron chi connectivity index (χ4n) is 2.58. The molecule has 2 N–H and O–H groups in total. The molecular formula is C16H19N3O3. The Hall–Kier alpha value is -2.21. The second kappa shape index (κ2) is 6.70. The Kier molecular flexibility index (Phi) is 4.48. The quantitative estimate of drug-likeness (QED) is 0.831. The van der Waals surface area contributed by atoms with Crippen LogP contribution in [-0.4, -0.2) is 40.7 Å². The third kappa shape index (κ3) is 3.71. The molecule has 0 amide bonds. The molecule has 0 unspecified atom stereocenters. The van der Waals surface area contributed by atoms with E-state index < -0.39 is 0 Å². The number of rotatable bonds is 4. The van der Waals surface area contributed by atoms with E-state index in [1.807, 2.05) is 0 Å². The van der Waals surface area contributed by atoms with E-state index in [9.17, 15) is 9.90 Å².